The van der Waals surface area contributed by atoms with Crippen LogP contribution in [0.1, 0.15) is 46.5 Å². The van der Waals surface area contributed by atoms with Crippen molar-refractivity contribution in [3.05, 3.63) is 0 Å². The Kier molecular flexibility index (Phi) is 5.73. The zero-order valence-corrected chi connectivity index (χ0v) is 11.1. The molecule has 0 aromatic carbocycles. The van der Waals surface area contributed by atoms with Gasteiger partial charge in [0.25, 0.3) is 0 Å². The first kappa shape index (κ1) is 13.9. The summed E-state index contributed by atoms with van der Waals surface area (Å²) in [6.45, 7) is 9.67. The van der Waals surface area contributed by atoms with E-state index in [1.807, 2.05) is 0 Å². The molecule has 3 nitrogen and oxygen atoms in total. The molecule has 3 heteroatoms. The fourth-order valence-electron chi connectivity index (χ4n) is 2.24. The van der Waals surface area contributed by atoms with Gasteiger partial charge in [0.05, 0.1) is 6.10 Å². The second-order valence-corrected chi connectivity index (χ2v) is 6.15. The largest absolute Gasteiger partial charge is 0.377 e. The van der Waals surface area contributed by atoms with Crippen LogP contribution in [0.5, 0.6) is 0 Å². The molecular formula is C13H28N2O. The van der Waals surface area contributed by atoms with E-state index in [9.17, 15) is 0 Å². The molecule has 0 saturated carbocycles. The molecule has 0 amide bonds. The highest BCUT2D eigenvalue weighted by molar-refractivity contribution is 4.73. The summed E-state index contributed by atoms with van der Waals surface area (Å²) in [5, 5.41) is 3.44. The quantitative estimate of drug-likeness (QED) is 0.683. The summed E-state index contributed by atoms with van der Waals surface area (Å²) in [5.41, 5.74) is 6.42. The van der Waals surface area contributed by atoms with Gasteiger partial charge in [-0.05, 0) is 37.6 Å². The second kappa shape index (κ2) is 6.58. The highest BCUT2D eigenvalue weighted by atomic mass is 16.5. The van der Waals surface area contributed by atoms with Gasteiger partial charge >= 0.3 is 0 Å². The van der Waals surface area contributed by atoms with Gasteiger partial charge in [0, 0.05) is 19.2 Å². The molecule has 96 valence electrons. The zero-order valence-electron chi connectivity index (χ0n) is 11.1. The lowest BCUT2D eigenvalue weighted by Gasteiger charge is -2.23. The van der Waals surface area contributed by atoms with Gasteiger partial charge in [-0.1, -0.05) is 20.8 Å². The van der Waals surface area contributed by atoms with Crippen LogP contribution in [0.25, 0.3) is 0 Å². The molecular weight excluding hydrogens is 200 g/mol. The Bertz CT molecular complexity index is 183. The van der Waals surface area contributed by atoms with Gasteiger partial charge in [-0.2, -0.15) is 0 Å². The molecule has 0 radical (unpaired) electrons. The minimum atomic E-state index is 0.317. The van der Waals surface area contributed by atoms with Crippen LogP contribution >= 0.6 is 0 Å². The van der Waals surface area contributed by atoms with Crippen molar-refractivity contribution in [3.63, 3.8) is 0 Å². The Labute approximate surface area is 100 Å². The summed E-state index contributed by atoms with van der Waals surface area (Å²) in [4.78, 5) is 0. The van der Waals surface area contributed by atoms with E-state index < -0.39 is 0 Å². The van der Waals surface area contributed by atoms with Crippen LogP contribution in [0.15, 0.2) is 0 Å². The second-order valence-electron chi connectivity index (χ2n) is 6.15. The molecule has 3 N–H and O–H groups in total. The fourth-order valence-corrected chi connectivity index (χ4v) is 2.24. The van der Waals surface area contributed by atoms with Gasteiger partial charge in [-0.15, -0.1) is 0 Å². The van der Waals surface area contributed by atoms with Crippen LogP contribution in [-0.2, 0) is 4.74 Å². The van der Waals surface area contributed by atoms with Crippen LogP contribution in [-0.4, -0.2) is 31.8 Å². The van der Waals surface area contributed by atoms with Crippen LogP contribution in [0, 0.1) is 5.41 Å². The van der Waals surface area contributed by atoms with E-state index in [1.54, 1.807) is 0 Å². The van der Waals surface area contributed by atoms with E-state index in [0.29, 0.717) is 17.6 Å². The first-order chi connectivity index (χ1) is 7.47. The maximum absolute atomic E-state index is 6.08. The smallest absolute Gasteiger partial charge is 0.0700 e. The van der Waals surface area contributed by atoms with Crippen molar-refractivity contribution in [1.29, 1.82) is 0 Å². The van der Waals surface area contributed by atoms with Gasteiger partial charge < -0.3 is 15.8 Å². The Hall–Kier alpha value is -0.120. The molecule has 1 heterocycles. The number of hydrogen-bond acceptors (Lipinski definition) is 3. The molecule has 2 unspecified atom stereocenters. The summed E-state index contributed by atoms with van der Waals surface area (Å²) in [6.07, 6.45) is 5.02. The number of ether oxygens (including phenoxy) is 1. The third kappa shape index (κ3) is 6.46. The van der Waals surface area contributed by atoms with Crippen LogP contribution in [0.2, 0.25) is 0 Å². The topological polar surface area (TPSA) is 47.3 Å². The zero-order chi connectivity index (χ0) is 12.0. The molecule has 16 heavy (non-hydrogen) atoms. The minimum Gasteiger partial charge on any atom is -0.377 e. The van der Waals surface area contributed by atoms with Gasteiger partial charge in [-0.3, -0.25) is 0 Å². The average molecular weight is 228 g/mol. The predicted octanol–water partition coefficient (Wildman–Crippen LogP) is 1.91. The lowest BCUT2D eigenvalue weighted by Crippen LogP contribution is -2.33. The van der Waals surface area contributed by atoms with Gasteiger partial charge in [0.1, 0.15) is 0 Å². The highest BCUT2D eigenvalue weighted by Gasteiger charge is 2.16. The average Bonchev–Trinajstić information content (AvgIpc) is 2.62. The summed E-state index contributed by atoms with van der Waals surface area (Å²) < 4.78 is 5.55. The lowest BCUT2D eigenvalue weighted by molar-refractivity contribution is 0.110. The van der Waals surface area contributed by atoms with Crippen molar-refractivity contribution in [3.8, 4) is 0 Å². The summed E-state index contributed by atoms with van der Waals surface area (Å²) in [6, 6.07) is 0.317. The third-order valence-corrected chi connectivity index (χ3v) is 2.96. The molecule has 1 rings (SSSR count). The van der Waals surface area contributed by atoms with Crippen molar-refractivity contribution >= 4 is 0 Å². The maximum atomic E-state index is 6.08. The van der Waals surface area contributed by atoms with Crippen LogP contribution in [0.4, 0.5) is 0 Å². The van der Waals surface area contributed by atoms with E-state index in [0.717, 1.165) is 32.5 Å². The molecule has 0 spiro atoms. The van der Waals surface area contributed by atoms with Crippen molar-refractivity contribution in [2.45, 2.75) is 58.6 Å². The normalized spacial score (nSPS) is 23.6. The monoisotopic (exact) mass is 228 g/mol. The van der Waals surface area contributed by atoms with Gasteiger partial charge in [0.2, 0.25) is 0 Å². The minimum absolute atomic E-state index is 0.317. The van der Waals surface area contributed by atoms with E-state index in [-0.39, 0.29) is 0 Å². The Morgan fingerprint density at radius 3 is 2.75 bits per heavy atom. The maximum Gasteiger partial charge on any atom is 0.0700 e. The lowest BCUT2D eigenvalue weighted by atomic mass is 9.87. The molecule has 1 aliphatic rings. The Morgan fingerprint density at radius 2 is 2.19 bits per heavy atom. The van der Waals surface area contributed by atoms with E-state index in [2.05, 4.69) is 26.1 Å². The first-order valence-electron chi connectivity index (χ1n) is 6.55. The van der Waals surface area contributed by atoms with E-state index >= 15 is 0 Å². The third-order valence-electron chi connectivity index (χ3n) is 2.96. The molecule has 0 aliphatic carbocycles. The molecule has 1 aliphatic heterocycles. The standard InChI is InChI=1S/C13H28N2O/c1-13(2,3)9-11(14)6-7-15-10-12-5-4-8-16-12/h11-12,15H,4-10,14H2,1-3H3. The number of nitrogens with two attached hydrogens (primary N) is 1. The Balaban J connectivity index is 1.97. The van der Waals surface area contributed by atoms with Crippen molar-refractivity contribution in [1.82, 2.24) is 5.32 Å². The first-order valence-corrected chi connectivity index (χ1v) is 6.55. The fraction of sp³-hybridized carbons (Fsp3) is 1.00. The predicted molar refractivity (Wildman–Crippen MR) is 68.5 cm³/mol. The SMILES string of the molecule is CC(C)(C)CC(N)CCNCC1CCCO1. The summed E-state index contributed by atoms with van der Waals surface area (Å²) >= 11 is 0. The Morgan fingerprint density at radius 1 is 1.44 bits per heavy atom. The van der Waals surface area contributed by atoms with Crippen molar-refractivity contribution < 1.29 is 4.74 Å². The molecule has 0 aromatic rings. The van der Waals surface area contributed by atoms with Crippen molar-refractivity contribution in [2.24, 2.45) is 11.1 Å². The van der Waals surface area contributed by atoms with E-state index in [1.165, 1.54) is 12.8 Å². The van der Waals surface area contributed by atoms with Gasteiger partial charge in [0.15, 0.2) is 0 Å². The van der Waals surface area contributed by atoms with Crippen LogP contribution in [0.3, 0.4) is 0 Å². The van der Waals surface area contributed by atoms with E-state index in [4.69, 9.17) is 10.5 Å². The molecule has 2 atom stereocenters. The van der Waals surface area contributed by atoms with Crippen molar-refractivity contribution in [2.75, 3.05) is 19.7 Å². The van der Waals surface area contributed by atoms with Gasteiger partial charge in [-0.25, -0.2) is 0 Å². The number of nitrogens with one attached hydrogen (secondary N) is 1. The summed E-state index contributed by atoms with van der Waals surface area (Å²) in [5.74, 6) is 0. The van der Waals surface area contributed by atoms with Crippen LogP contribution < -0.4 is 11.1 Å². The molecule has 1 saturated heterocycles. The highest BCUT2D eigenvalue weighted by Crippen LogP contribution is 2.20. The number of hydrogen-bond donors (Lipinski definition) is 2. The molecule has 1 fully saturated rings. The number of rotatable bonds is 6. The molecule has 0 bridgehead atoms. The molecule has 0 aromatic heterocycles. The summed E-state index contributed by atoms with van der Waals surface area (Å²) in [7, 11) is 0.